The zero-order valence-electron chi connectivity index (χ0n) is 19.6. The van der Waals surface area contributed by atoms with Crippen LogP contribution in [0, 0.1) is 20.8 Å². The van der Waals surface area contributed by atoms with Crippen LogP contribution in [0.15, 0.2) is 54.9 Å². The van der Waals surface area contributed by atoms with Crippen LogP contribution in [-0.4, -0.2) is 12.2 Å². The third-order valence-corrected chi connectivity index (χ3v) is 7.15. The van der Waals surface area contributed by atoms with Crippen LogP contribution in [0.3, 0.4) is 0 Å². The summed E-state index contributed by atoms with van der Waals surface area (Å²) in [6, 6.07) is 15.8. The number of aromatic nitrogens is 2. The number of fused-ring (bicyclic) bond motifs is 9. The Hall–Kier alpha value is -1.58. The minimum atomic E-state index is 0. The SMILES string of the molecule is CO.Cc1cc[n+]2c(c1)-c1c(c(C)c(C)c3c1-c1c4ccccc4cc[n+]1CC3)CC2.[I-].[I-]. The van der Waals surface area contributed by atoms with Gasteiger partial charge in [0.2, 0.25) is 11.4 Å². The van der Waals surface area contributed by atoms with E-state index in [0.29, 0.717) is 0 Å². The highest BCUT2D eigenvalue weighted by Crippen LogP contribution is 2.44. The molecule has 3 nitrogen and oxygen atoms in total. The molecule has 4 aromatic rings. The fourth-order valence-corrected chi connectivity index (χ4v) is 5.53. The van der Waals surface area contributed by atoms with Crippen molar-refractivity contribution < 1.29 is 62.2 Å². The molecule has 2 aromatic carbocycles. The van der Waals surface area contributed by atoms with Crippen LogP contribution < -0.4 is 57.1 Å². The van der Waals surface area contributed by atoms with Gasteiger partial charge in [0.05, 0.1) is 16.5 Å². The average Bonchev–Trinajstić information content (AvgIpc) is 2.82. The summed E-state index contributed by atoms with van der Waals surface area (Å²) in [4.78, 5) is 0. The van der Waals surface area contributed by atoms with Crippen LogP contribution in [0.1, 0.15) is 27.8 Å². The Morgan fingerprint density at radius 2 is 1.33 bits per heavy atom. The molecule has 172 valence electrons. The van der Waals surface area contributed by atoms with Crippen molar-refractivity contribution in [3.05, 3.63) is 82.7 Å². The summed E-state index contributed by atoms with van der Waals surface area (Å²) >= 11 is 0. The van der Waals surface area contributed by atoms with Crippen molar-refractivity contribution in [3.63, 3.8) is 0 Å². The van der Waals surface area contributed by atoms with E-state index < -0.39 is 0 Å². The second kappa shape index (κ2) is 10.4. The summed E-state index contributed by atoms with van der Waals surface area (Å²) in [5.74, 6) is 0. The van der Waals surface area contributed by atoms with Crippen molar-refractivity contribution in [2.24, 2.45) is 0 Å². The van der Waals surface area contributed by atoms with Gasteiger partial charge in [0.1, 0.15) is 0 Å². The molecule has 5 heteroatoms. The summed E-state index contributed by atoms with van der Waals surface area (Å²) in [6.07, 6.45) is 6.78. The Bertz CT molecular complexity index is 1350. The highest BCUT2D eigenvalue weighted by Gasteiger charge is 2.36. The van der Waals surface area contributed by atoms with Crippen LogP contribution >= 0.6 is 0 Å². The van der Waals surface area contributed by atoms with Crippen molar-refractivity contribution in [1.82, 2.24) is 0 Å². The molecule has 0 amide bonds. The molecule has 33 heavy (non-hydrogen) atoms. The van der Waals surface area contributed by atoms with E-state index in [1.54, 1.807) is 11.1 Å². The first-order valence-corrected chi connectivity index (χ1v) is 11.1. The molecular weight excluding hydrogens is 634 g/mol. The van der Waals surface area contributed by atoms with Gasteiger partial charge in [-0.25, -0.2) is 0 Å². The number of nitrogens with zero attached hydrogens (tertiary/aromatic N) is 2. The quantitative estimate of drug-likeness (QED) is 0.178. The van der Waals surface area contributed by atoms with Crippen LogP contribution in [-0.2, 0) is 25.9 Å². The Morgan fingerprint density at radius 1 is 0.727 bits per heavy atom. The van der Waals surface area contributed by atoms with E-state index >= 15 is 0 Å². The van der Waals surface area contributed by atoms with Crippen LogP contribution in [0.2, 0.25) is 0 Å². The molecule has 2 aliphatic heterocycles. The number of aliphatic hydroxyl groups excluding tert-OH is 1. The van der Waals surface area contributed by atoms with E-state index in [1.807, 2.05) is 0 Å². The largest absolute Gasteiger partial charge is 1.00 e. The Balaban J connectivity index is 0.000000747. The molecule has 0 fully saturated rings. The summed E-state index contributed by atoms with van der Waals surface area (Å²) < 4.78 is 4.93. The van der Waals surface area contributed by atoms with E-state index in [0.717, 1.165) is 33.0 Å². The maximum absolute atomic E-state index is 7.00. The Labute approximate surface area is 230 Å². The molecule has 0 bridgehead atoms. The smallest absolute Gasteiger partial charge is 0.221 e. The zero-order chi connectivity index (χ0) is 21.7. The van der Waals surface area contributed by atoms with Gasteiger partial charge in [-0.2, -0.15) is 9.13 Å². The van der Waals surface area contributed by atoms with Gasteiger partial charge in [-0.1, -0.05) is 18.2 Å². The highest BCUT2D eigenvalue weighted by atomic mass is 127. The first-order valence-electron chi connectivity index (χ1n) is 11.1. The molecule has 0 spiro atoms. The number of aryl methyl sites for hydroxylation is 3. The maximum atomic E-state index is 7.00. The predicted molar refractivity (Wildman–Crippen MR) is 125 cm³/mol. The van der Waals surface area contributed by atoms with Crippen molar-refractivity contribution in [2.75, 3.05) is 7.11 Å². The molecule has 6 rings (SSSR count). The van der Waals surface area contributed by atoms with Crippen molar-refractivity contribution >= 4 is 10.8 Å². The van der Waals surface area contributed by atoms with E-state index in [-0.39, 0.29) is 48.0 Å². The van der Waals surface area contributed by atoms with Gasteiger partial charge in [0, 0.05) is 38.2 Å². The van der Waals surface area contributed by atoms with Crippen LogP contribution in [0.4, 0.5) is 0 Å². The molecule has 1 N–H and O–H groups in total. The summed E-state index contributed by atoms with van der Waals surface area (Å²) in [5, 5.41) is 9.69. The molecule has 0 saturated heterocycles. The summed E-state index contributed by atoms with van der Waals surface area (Å²) in [6.45, 7) is 9.01. The third-order valence-electron chi connectivity index (χ3n) is 7.15. The Kier molecular flexibility index (Phi) is 8.17. The maximum Gasteiger partial charge on any atom is 0.221 e. The molecule has 0 aliphatic carbocycles. The number of hydrogen-bond donors (Lipinski definition) is 1. The summed E-state index contributed by atoms with van der Waals surface area (Å²) in [5.41, 5.74) is 13.2. The average molecular weight is 664 g/mol. The van der Waals surface area contributed by atoms with Gasteiger partial charge in [0.25, 0.3) is 0 Å². The lowest BCUT2D eigenvalue weighted by Crippen LogP contribution is -3.00. The standard InChI is InChI=1S/C27H26N2.CH4O.2HI/c1-17-8-12-28-14-10-21-18(2)19(3)22-11-15-29-13-9-20-6-4-5-7-23(20)27(29)26(22)25(21)24(28)16-17;1-2;;/h4-9,12-13,16H,10-11,14-15H2,1-3H3;2H,1H3;2*1H/q+2;;;/p-2. The normalized spacial score (nSPS) is 12.6. The van der Waals surface area contributed by atoms with E-state index in [9.17, 15) is 0 Å². The number of pyridine rings is 2. The van der Waals surface area contributed by atoms with Gasteiger partial charge in [0.15, 0.2) is 25.5 Å². The lowest BCUT2D eigenvalue weighted by molar-refractivity contribution is -0.689. The predicted octanol–water partition coefficient (Wildman–Crippen LogP) is -1.60. The summed E-state index contributed by atoms with van der Waals surface area (Å²) in [7, 11) is 1.00. The number of benzene rings is 2. The fraction of sp³-hybridized carbons (Fsp3) is 0.286. The lowest BCUT2D eigenvalue weighted by atomic mass is 9.79. The molecule has 0 atom stereocenters. The minimum Gasteiger partial charge on any atom is -1.00 e. The monoisotopic (exact) mass is 664 g/mol. The van der Waals surface area contributed by atoms with Gasteiger partial charge < -0.3 is 53.1 Å². The molecule has 4 heterocycles. The Morgan fingerprint density at radius 3 is 2.06 bits per heavy atom. The minimum absolute atomic E-state index is 0. The van der Waals surface area contributed by atoms with E-state index in [2.05, 4.69) is 84.8 Å². The van der Waals surface area contributed by atoms with Crippen LogP contribution in [0.25, 0.3) is 33.3 Å². The van der Waals surface area contributed by atoms with Gasteiger partial charge in [-0.15, -0.1) is 0 Å². The number of halogens is 2. The molecule has 2 aromatic heterocycles. The molecule has 0 saturated carbocycles. The molecular formula is C28H30I2N2O. The zero-order valence-corrected chi connectivity index (χ0v) is 23.9. The van der Waals surface area contributed by atoms with Crippen LogP contribution in [0.5, 0.6) is 0 Å². The van der Waals surface area contributed by atoms with Crippen molar-refractivity contribution in [3.8, 4) is 22.5 Å². The first-order chi connectivity index (χ1) is 15.1. The van der Waals surface area contributed by atoms with Crippen molar-refractivity contribution in [2.45, 2.75) is 46.7 Å². The first kappa shape index (κ1) is 26.0. The molecule has 2 aliphatic rings. The fourth-order valence-electron chi connectivity index (χ4n) is 5.53. The number of hydrogen-bond acceptors (Lipinski definition) is 1. The van der Waals surface area contributed by atoms with Crippen molar-refractivity contribution in [1.29, 1.82) is 0 Å². The third kappa shape index (κ3) is 4.10. The van der Waals surface area contributed by atoms with Gasteiger partial charge >= 0.3 is 0 Å². The molecule has 0 radical (unpaired) electrons. The second-order valence-electron chi connectivity index (χ2n) is 8.68. The highest BCUT2D eigenvalue weighted by molar-refractivity contribution is 5.99. The number of rotatable bonds is 0. The second-order valence-corrected chi connectivity index (χ2v) is 8.68. The van der Waals surface area contributed by atoms with Gasteiger partial charge in [-0.05, 0) is 60.0 Å². The van der Waals surface area contributed by atoms with E-state index in [1.165, 1.54) is 50.0 Å². The lowest BCUT2D eigenvalue weighted by Gasteiger charge is -2.27. The van der Waals surface area contributed by atoms with E-state index in [4.69, 9.17) is 5.11 Å². The topological polar surface area (TPSA) is 28.0 Å². The number of aliphatic hydroxyl groups is 1. The van der Waals surface area contributed by atoms with Gasteiger partial charge in [-0.3, -0.25) is 0 Å². The molecule has 0 unspecified atom stereocenters.